The fraction of sp³-hybridized carbons (Fsp3) is 0.176. The van der Waals surface area contributed by atoms with Gasteiger partial charge < -0.3 is 14.4 Å². The Morgan fingerprint density at radius 1 is 1.05 bits per heavy atom. The Labute approximate surface area is 128 Å². The number of para-hydroxylation sites is 2. The molecule has 2 aliphatic rings. The molecular formula is C17H14ClNO2. The molecule has 0 amide bonds. The van der Waals surface area contributed by atoms with Crippen LogP contribution in [0.15, 0.2) is 54.6 Å². The first-order valence-electron chi connectivity index (χ1n) is 6.93. The van der Waals surface area contributed by atoms with E-state index in [0.29, 0.717) is 18.2 Å². The van der Waals surface area contributed by atoms with Crippen molar-refractivity contribution in [3.63, 3.8) is 0 Å². The molecule has 2 aromatic rings. The number of anilines is 2. The molecular weight excluding hydrogens is 286 g/mol. The van der Waals surface area contributed by atoms with Gasteiger partial charge in [0, 0.05) is 11.1 Å². The summed E-state index contributed by atoms with van der Waals surface area (Å²) in [6.07, 6.45) is 4.24. The summed E-state index contributed by atoms with van der Waals surface area (Å²) in [6, 6.07) is 13.9. The zero-order valence-corrected chi connectivity index (χ0v) is 12.1. The normalized spacial score (nSPS) is 19.7. The second-order valence-electron chi connectivity index (χ2n) is 5.08. The number of rotatable bonds is 1. The highest BCUT2D eigenvalue weighted by molar-refractivity contribution is 6.30. The van der Waals surface area contributed by atoms with E-state index in [4.69, 9.17) is 21.1 Å². The van der Waals surface area contributed by atoms with E-state index in [1.807, 2.05) is 36.4 Å². The first-order chi connectivity index (χ1) is 10.3. The average molecular weight is 300 g/mol. The van der Waals surface area contributed by atoms with E-state index in [-0.39, 0.29) is 6.04 Å². The molecule has 2 aromatic carbocycles. The number of hydrogen-bond acceptors (Lipinski definition) is 3. The second kappa shape index (κ2) is 5.10. The lowest BCUT2D eigenvalue weighted by Crippen LogP contribution is -2.37. The van der Waals surface area contributed by atoms with Crippen LogP contribution in [0.2, 0.25) is 5.02 Å². The van der Waals surface area contributed by atoms with Crippen molar-refractivity contribution in [2.45, 2.75) is 6.04 Å². The molecule has 0 saturated carbocycles. The van der Waals surface area contributed by atoms with Crippen LogP contribution in [-0.2, 0) is 4.74 Å². The first-order valence-corrected chi connectivity index (χ1v) is 7.31. The summed E-state index contributed by atoms with van der Waals surface area (Å²) >= 11 is 6.10. The third-order valence-corrected chi connectivity index (χ3v) is 3.95. The van der Waals surface area contributed by atoms with Crippen LogP contribution in [0.4, 0.5) is 11.4 Å². The number of hydrogen-bond donors (Lipinski definition) is 0. The van der Waals surface area contributed by atoms with E-state index < -0.39 is 0 Å². The van der Waals surface area contributed by atoms with E-state index in [1.54, 1.807) is 0 Å². The molecule has 0 unspecified atom stereocenters. The molecule has 0 fully saturated rings. The molecule has 0 saturated heterocycles. The quantitative estimate of drug-likeness (QED) is 0.722. The average Bonchev–Trinajstić information content (AvgIpc) is 2.53. The van der Waals surface area contributed by atoms with Crippen LogP contribution in [0.5, 0.6) is 11.5 Å². The van der Waals surface area contributed by atoms with Gasteiger partial charge in [-0.1, -0.05) is 35.9 Å². The molecule has 0 aromatic heterocycles. The van der Waals surface area contributed by atoms with E-state index >= 15 is 0 Å². The summed E-state index contributed by atoms with van der Waals surface area (Å²) in [7, 11) is 0. The first kappa shape index (κ1) is 12.7. The van der Waals surface area contributed by atoms with Gasteiger partial charge in [-0.25, -0.2) is 0 Å². The number of fused-ring (bicyclic) bond motifs is 2. The monoisotopic (exact) mass is 299 g/mol. The molecule has 0 bridgehead atoms. The van der Waals surface area contributed by atoms with Crippen molar-refractivity contribution in [1.29, 1.82) is 0 Å². The molecule has 2 aliphatic heterocycles. The Morgan fingerprint density at radius 3 is 2.76 bits per heavy atom. The highest BCUT2D eigenvalue weighted by Crippen LogP contribution is 2.48. The van der Waals surface area contributed by atoms with E-state index in [0.717, 1.165) is 22.9 Å². The Hall–Kier alpha value is -1.97. The third-order valence-electron chi connectivity index (χ3n) is 3.72. The van der Waals surface area contributed by atoms with Crippen molar-refractivity contribution < 1.29 is 9.47 Å². The number of halogens is 1. The SMILES string of the molecule is Clc1ccc2c(c1)Oc1ccccc1N2[C@@H]1C=CCOC1. The highest BCUT2D eigenvalue weighted by atomic mass is 35.5. The van der Waals surface area contributed by atoms with Gasteiger partial charge in [-0.2, -0.15) is 0 Å². The maximum absolute atomic E-state index is 6.10. The molecule has 3 nitrogen and oxygen atoms in total. The summed E-state index contributed by atoms with van der Waals surface area (Å²) in [5.41, 5.74) is 2.06. The maximum atomic E-state index is 6.10. The summed E-state index contributed by atoms with van der Waals surface area (Å²) in [5.74, 6) is 1.62. The lowest BCUT2D eigenvalue weighted by molar-refractivity contribution is 0.146. The highest BCUT2D eigenvalue weighted by Gasteiger charge is 2.29. The van der Waals surface area contributed by atoms with Crippen molar-refractivity contribution in [1.82, 2.24) is 0 Å². The molecule has 0 spiro atoms. The molecule has 4 heteroatoms. The minimum Gasteiger partial charge on any atom is -0.453 e. The molecule has 21 heavy (non-hydrogen) atoms. The fourth-order valence-electron chi connectivity index (χ4n) is 2.80. The summed E-state index contributed by atoms with van der Waals surface area (Å²) in [4.78, 5) is 2.25. The van der Waals surface area contributed by atoms with Crippen molar-refractivity contribution in [2.75, 3.05) is 18.1 Å². The third kappa shape index (κ3) is 2.19. The van der Waals surface area contributed by atoms with Gasteiger partial charge in [0.15, 0.2) is 11.5 Å². The minimum atomic E-state index is 0.156. The van der Waals surface area contributed by atoms with E-state index in [9.17, 15) is 0 Å². The molecule has 2 heterocycles. The zero-order chi connectivity index (χ0) is 14.2. The van der Waals surface area contributed by atoms with Gasteiger partial charge in [-0.3, -0.25) is 0 Å². The van der Waals surface area contributed by atoms with Gasteiger partial charge in [-0.15, -0.1) is 0 Å². The Bertz CT molecular complexity index is 714. The van der Waals surface area contributed by atoms with Gasteiger partial charge in [0.05, 0.1) is 30.6 Å². The van der Waals surface area contributed by atoms with Gasteiger partial charge >= 0.3 is 0 Å². The Balaban J connectivity index is 1.88. The van der Waals surface area contributed by atoms with Crippen LogP contribution >= 0.6 is 11.6 Å². The standard InChI is InChI=1S/C17H14ClNO2/c18-12-7-8-15-17(10-12)21-16-6-2-1-5-14(16)19(15)13-4-3-9-20-11-13/h1-8,10,13H,9,11H2/t13-/m1/s1. The largest absolute Gasteiger partial charge is 0.453 e. The zero-order valence-electron chi connectivity index (χ0n) is 11.3. The van der Waals surface area contributed by atoms with Crippen molar-refractivity contribution in [3.05, 3.63) is 59.6 Å². The maximum Gasteiger partial charge on any atom is 0.152 e. The van der Waals surface area contributed by atoms with Crippen LogP contribution in [0, 0.1) is 0 Å². The van der Waals surface area contributed by atoms with Crippen LogP contribution in [0.3, 0.4) is 0 Å². The van der Waals surface area contributed by atoms with Gasteiger partial charge in [-0.05, 0) is 24.3 Å². The predicted molar refractivity (Wildman–Crippen MR) is 83.9 cm³/mol. The summed E-state index contributed by atoms with van der Waals surface area (Å²) in [5, 5.41) is 0.670. The van der Waals surface area contributed by atoms with Crippen LogP contribution in [0.1, 0.15) is 0 Å². The van der Waals surface area contributed by atoms with Crippen molar-refractivity contribution >= 4 is 23.0 Å². The van der Waals surface area contributed by atoms with Crippen molar-refractivity contribution in [3.8, 4) is 11.5 Å². The topological polar surface area (TPSA) is 21.7 Å². The van der Waals surface area contributed by atoms with Gasteiger partial charge in [0.1, 0.15) is 0 Å². The van der Waals surface area contributed by atoms with Gasteiger partial charge in [0.2, 0.25) is 0 Å². The lowest BCUT2D eigenvalue weighted by Gasteiger charge is -2.38. The second-order valence-corrected chi connectivity index (χ2v) is 5.52. The van der Waals surface area contributed by atoms with Crippen LogP contribution in [0.25, 0.3) is 0 Å². The number of benzene rings is 2. The molecule has 106 valence electrons. The van der Waals surface area contributed by atoms with Crippen LogP contribution in [-0.4, -0.2) is 19.3 Å². The van der Waals surface area contributed by atoms with E-state index in [2.05, 4.69) is 23.1 Å². The Morgan fingerprint density at radius 2 is 1.90 bits per heavy atom. The van der Waals surface area contributed by atoms with Gasteiger partial charge in [0.25, 0.3) is 0 Å². The molecule has 1 atom stereocenters. The minimum absolute atomic E-state index is 0.156. The summed E-state index contributed by atoms with van der Waals surface area (Å²) < 4.78 is 11.6. The number of nitrogens with zero attached hydrogens (tertiary/aromatic N) is 1. The van der Waals surface area contributed by atoms with Crippen LogP contribution < -0.4 is 9.64 Å². The smallest absolute Gasteiger partial charge is 0.152 e. The number of ether oxygens (including phenoxy) is 2. The van der Waals surface area contributed by atoms with Crippen molar-refractivity contribution in [2.24, 2.45) is 0 Å². The fourth-order valence-corrected chi connectivity index (χ4v) is 2.96. The summed E-state index contributed by atoms with van der Waals surface area (Å²) in [6.45, 7) is 1.34. The molecule has 4 rings (SSSR count). The lowest BCUT2D eigenvalue weighted by atomic mass is 10.1. The predicted octanol–water partition coefficient (Wildman–Crippen LogP) is 4.54. The molecule has 0 radical (unpaired) electrons. The Kier molecular flexibility index (Phi) is 3.09. The molecule has 0 aliphatic carbocycles. The van der Waals surface area contributed by atoms with E-state index in [1.165, 1.54) is 0 Å². The molecule has 0 N–H and O–H groups in total.